The molecule has 0 aliphatic heterocycles. The van der Waals surface area contributed by atoms with Crippen LogP contribution in [0.1, 0.15) is 6.92 Å². The third-order valence-electron chi connectivity index (χ3n) is 1.18. The summed E-state index contributed by atoms with van der Waals surface area (Å²) in [5.41, 5.74) is 0. The second-order valence-electron chi connectivity index (χ2n) is 1.57. The van der Waals surface area contributed by atoms with E-state index in [1.165, 1.54) is 0 Å². The molecule has 4 heteroatoms. The molecule has 0 spiro atoms. The Kier molecular flexibility index (Phi) is 3.23. The molecule has 0 fully saturated rings. The van der Waals surface area contributed by atoms with Gasteiger partial charge in [0.1, 0.15) is 0 Å². The van der Waals surface area contributed by atoms with E-state index in [9.17, 15) is 0 Å². The van der Waals surface area contributed by atoms with Gasteiger partial charge in [-0.25, -0.2) is 0 Å². The quantitative estimate of drug-likeness (QED) is 0.562. The van der Waals surface area contributed by atoms with Crippen LogP contribution in [0.4, 0.5) is 0 Å². The van der Waals surface area contributed by atoms with E-state index in [-0.39, 0.29) is 0 Å². The molecule has 0 saturated carbocycles. The molecule has 0 heterocycles. The van der Waals surface area contributed by atoms with Crippen LogP contribution in [0.25, 0.3) is 0 Å². The molecule has 0 amide bonds. The third kappa shape index (κ3) is 1.91. The Bertz CT molecular complexity index is 56.8. The first-order valence-electron chi connectivity index (χ1n) is 2.57. The Morgan fingerprint density at radius 3 is 1.75 bits per heavy atom. The first-order valence-corrected chi connectivity index (χ1v) is 4.68. The second kappa shape index (κ2) is 3.19. The number of hydrogen-bond acceptors (Lipinski definition) is 3. The summed E-state index contributed by atoms with van der Waals surface area (Å²) in [5, 5.41) is 5.59. The molecule has 2 N–H and O–H groups in total. The minimum absolute atomic E-state index is 0.792. The van der Waals surface area contributed by atoms with Crippen molar-refractivity contribution in [3.63, 3.8) is 0 Å². The summed E-state index contributed by atoms with van der Waals surface area (Å²) in [6.07, 6.45) is 0. The van der Waals surface area contributed by atoms with Crippen LogP contribution in [-0.2, 0) is 8.85 Å². The van der Waals surface area contributed by atoms with Crippen molar-refractivity contribution < 1.29 is 8.85 Å². The summed E-state index contributed by atoms with van der Waals surface area (Å²) in [6.45, 7) is 1.96. The van der Waals surface area contributed by atoms with Gasteiger partial charge in [-0.2, -0.15) is 0 Å². The fourth-order valence-electron chi connectivity index (χ4n) is 0.372. The van der Waals surface area contributed by atoms with Crippen LogP contribution >= 0.6 is 0 Å². The molecule has 0 atom stereocenters. The van der Waals surface area contributed by atoms with E-state index in [0.717, 1.165) is 6.04 Å². The van der Waals surface area contributed by atoms with Gasteiger partial charge in [0.15, 0.2) is 0 Å². The normalized spacial score (nSPS) is 12.0. The predicted molar refractivity (Wildman–Crippen MR) is 34.4 cm³/mol. The van der Waals surface area contributed by atoms with Crippen molar-refractivity contribution in [2.24, 2.45) is 5.40 Å². The van der Waals surface area contributed by atoms with E-state index >= 15 is 0 Å². The molecule has 0 aromatic carbocycles. The second-order valence-corrected chi connectivity index (χ2v) is 4.72. The summed E-state index contributed by atoms with van der Waals surface area (Å²) in [7, 11) is 0.994. The van der Waals surface area contributed by atoms with E-state index in [1.54, 1.807) is 14.2 Å². The Morgan fingerprint density at radius 2 is 1.75 bits per heavy atom. The molecular formula is C4H13NO2Si. The monoisotopic (exact) mass is 135 g/mol. The molecular weight excluding hydrogens is 122 g/mol. The average molecular weight is 135 g/mol. The first kappa shape index (κ1) is 8.10. The van der Waals surface area contributed by atoms with Gasteiger partial charge in [0, 0.05) is 20.3 Å². The fraction of sp³-hybridized carbons (Fsp3) is 1.00. The van der Waals surface area contributed by atoms with Crippen LogP contribution in [0.15, 0.2) is 0 Å². The van der Waals surface area contributed by atoms with Gasteiger partial charge in [-0.3, -0.25) is 0 Å². The van der Waals surface area contributed by atoms with Crippen LogP contribution in [0.3, 0.4) is 0 Å². The van der Waals surface area contributed by atoms with Crippen molar-refractivity contribution in [3.8, 4) is 0 Å². The zero-order valence-corrected chi connectivity index (χ0v) is 6.60. The van der Waals surface area contributed by atoms with Crippen molar-refractivity contribution in [2.45, 2.75) is 13.0 Å². The van der Waals surface area contributed by atoms with E-state index in [1.807, 2.05) is 6.92 Å². The number of rotatable bonds is 3. The number of hydrogen-bond donors (Lipinski definition) is 1. The molecule has 0 aliphatic rings. The Balaban J connectivity index is 3.58. The highest BCUT2D eigenvalue weighted by Crippen LogP contribution is 2.00. The van der Waals surface area contributed by atoms with Gasteiger partial charge in [0.2, 0.25) is 0 Å². The van der Waals surface area contributed by atoms with E-state index in [4.69, 9.17) is 14.3 Å². The minimum atomic E-state index is -2.17. The largest absolute Gasteiger partial charge is 0.421 e. The lowest BCUT2D eigenvalue weighted by molar-refractivity contribution is 0.245. The molecule has 0 aromatic heterocycles. The van der Waals surface area contributed by atoms with Gasteiger partial charge in [-0.1, -0.05) is 6.92 Å². The van der Waals surface area contributed by atoms with Gasteiger partial charge in [-0.15, -0.1) is 0 Å². The van der Waals surface area contributed by atoms with Crippen LogP contribution < -0.4 is 5.40 Å². The van der Waals surface area contributed by atoms with Crippen LogP contribution in [-0.4, -0.2) is 22.9 Å². The first-order chi connectivity index (χ1) is 3.68. The van der Waals surface area contributed by atoms with Gasteiger partial charge in [0.25, 0.3) is 0 Å². The molecule has 0 aromatic rings. The van der Waals surface area contributed by atoms with Gasteiger partial charge in [0.05, 0.1) is 0 Å². The Hall–Kier alpha value is 0.0969. The molecule has 50 valence electrons. The molecule has 0 aliphatic carbocycles. The van der Waals surface area contributed by atoms with Gasteiger partial charge in [-0.05, 0) is 0 Å². The average Bonchev–Trinajstić information content (AvgIpc) is 1.87. The predicted octanol–water partition coefficient (Wildman–Crippen LogP) is 0.197. The SMILES string of the molecule is CC[Si](N)(OC)OC. The third-order valence-corrected chi connectivity index (χ3v) is 3.55. The maximum absolute atomic E-state index is 5.59. The van der Waals surface area contributed by atoms with Crippen molar-refractivity contribution in [1.29, 1.82) is 0 Å². The van der Waals surface area contributed by atoms with Crippen molar-refractivity contribution in [3.05, 3.63) is 0 Å². The van der Waals surface area contributed by atoms with E-state index in [0.29, 0.717) is 0 Å². The van der Waals surface area contributed by atoms with Crippen molar-refractivity contribution in [2.75, 3.05) is 14.2 Å². The molecule has 8 heavy (non-hydrogen) atoms. The zero-order valence-electron chi connectivity index (χ0n) is 5.60. The molecule has 0 rings (SSSR count). The lowest BCUT2D eigenvalue weighted by Gasteiger charge is -2.18. The maximum Gasteiger partial charge on any atom is 0.421 e. The highest BCUT2D eigenvalue weighted by molar-refractivity contribution is 6.63. The summed E-state index contributed by atoms with van der Waals surface area (Å²) in [4.78, 5) is 0. The molecule has 0 unspecified atom stereocenters. The standard InChI is InChI=1S/C4H13NO2Si/c1-4-8(5,6-2)7-3/h4-5H2,1-3H3. The summed E-state index contributed by atoms with van der Waals surface area (Å²) < 4.78 is 9.86. The van der Waals surface area contributed by atoms with Crippen molar-refractivity contribution >= 4 is 8.72 Å². The number of nitrogens with two attached hydrogens (primary N) is 1. The van der Waals surface area contributed by atoms with Crippen molar-refractivity contribution in [1.82, 2.24) is 0 Å². The Labute approximate surface area is 51.1 Å². The highest BCUT2D eigenvalue weighted by Gasteiger charge is 2.27. The summed E-state index contributed by atoms with van der Waals surface area (Å²) in [6, 6.07) is 0.792. The minimum Gasteiger partial charge on any atom is -0.386 e. The summed E-state index contributed by atoms with van der Waals surface area (Å²) in [5.74, 6) is 0. The molecule has 0 saturated heterocycles. The molecule has 3 nitrogen and oxygen atoms in total. The fourth-order valence-corrected chi connectivity index (χ4v) is 1.12. The summed E-state index contributed by atoms with van der Waals surface area (Å²) >= 11 is 0. The topological polar surface area (TPSA) is 44.5 Å². The smallest absolute Gasteiger partial charge is 0.386 e. The van der Waals surface area contributed by atoms with E-state index < -0.39 is 8.72 Å². The molecule has 0 radical (unpaired) electrons. The maximum atomic E-state index is 5.59. The van der Waals surface area contributed by atoms with E-state index in [2.05, 4.69) is 0 Å². The molecule has 0 bridgehead atoms. The highest BCUT2D eigenvalue weighted by atomic mass is 28.4. The lowest BCUT2D eigenvalue weighted by Crippen LogP contribution is -2.49. The zero-order chi connectivity index (χ0) is 6.62. The van der Waals surface area contributed by atoms with Crippen LogP contribution in [0, 0.1) is 0 Å². The van der Waals surface area contributed by atoms with Gasteiger partial charge >= 0.3 is 8.72 Å². The van der Waals surface area contributed by atoms with Crippen LogP contribution in [0.5, 0.6) is 0 Å². The van der Waals surface area contributed by atoms with Crippen LogP contribution in [0.2, 0.25) is 6.04 Å². The lowest BCUT2D eigenvalue weighted by atomic mass is 11.0. The van der Waals surface area contributed by atoms with Gasteiger partial charge < -0.3 is 14.3 Å². The Morgan fingerprint density at radius 1 is 1.38 bits per heavy atom.